The summed E-state index contributed by atoms with van der Waals surface area (Å²) in [5, 5.41) is 10.6. The number of rotatable bonds is 5. The predicted octanol–water partition coefficient (Wildman–Crippen LogP) is 3.23. The Morgan fingerprint density at radius 1 is 1.12 bits per heavy atom. The van der Waals surface area contributed by atoms with Crippen molar-refractivity contribution in [3.63, 3.8) is 0 Å². The molecule has 0 spiro atoms. The van der Waals surface area contributed by atoms with Gasteiger partial charge >= 0.3 is 6.18 Å². The zero-order valence-electron chi connectivity index (χ0n) is 16.5. The summed E-state index contributed by atoms with van der Waals surface area (Å²) in [5.41, 5.74) is 0.565. The predicted molar refractivity (Wildman–Crippen MR) is 110 cm³/mol. The number of halogens is 3. The Labute approximate surface area is 179 Å². The van der Waals surface area contributed by atoms with E-state index < -0.39 is 17.6 Å². The highest BCUT2D eigenvalue weighted by Gasteiger charge is 2.35. The van der Waals surface area contributed by atoms with Crippen LogP contribution in [0.4, 0.5) is 41.9 Å². The van der Waals surface area contributed by atoms with E-state index in [1.807, 2.05) is 0 Å². The summed E-state index contributed by atoms with van der Waals surface area (Å²) in [6.45, 7) is 0. The molecule has 2 amide bonds. The third kappa shape index (κ3) is 4.29. The molecule has 3 aromatic rings. The molecule has 9 nitrogen and oxygen atoms in total. The van der Waals surface area contributed by atoms with Crippen molar-refractivity contribution in [1.29, 1.82) is 0 Å². The number of pyridine rings is 1. The molecule has 164 valence electrons. The Morgan fingerprint density at radius 2 is 1.94 bits per heavy atom. The Balaban J connectivity index is 1.68. The molecule has 32 heavy (non-hydrogen) atoms. The van der Waals surface area contributed by atoms with Crippen molar-refractivity contribution in [1.82, 2.24) is 20.3 Å². The van der Waals surface area contributed by atoms with Crippen LogP contribution in [0.1, 0.15) is 21.5 Å². The van der Waals surface area contributed by atoms with Crippen molar-refractivity contribution in [2.75, 3.05) is 23.0 Å². The summed E-state index contributed by atoms with van der Waals surface area (Å²) >= 11 is 0. The minimum atomic E-state index is -4.70. The normalized spacial score (nSPS) is 12.7. The van der Waals surface area contributed by atoms with Gasteiger partial charge in [0.2, 0.25) is 5.91 Å². The van der Waals surface area contributed by atoms with Gasteiger partial charge in [-0.1, -0.05) is 6.07 Å². The van der Waals surface area contributed by atoms with E-state index in [9.17, 15) is 22.8 Å². The minimum Gasteiger partial charge on any atom is -0.355 e. The van der Waals surface area contributed by atoms with Crippen molar-refractivity contribution < 1.29 is 22.8 Å². The van der Waals surface area contributed by atoms with E-state index in [0.29, 0.717) is 17.6 Å². The van der Waals surface area contributed by atoms with Crippen LogP contribution >= 0.6 is 0 Å². The lowest BCUT2D eigenvalue weighted by atomic mass is 10.1. The zero-order chi connectivity index (χ0) is 22.9. The smallest absolute Gasteiger partial charge is 0.355 e. The maximum absolute atomic E-state index is 13.6. The third-order valence-corrected chi connectivity index (χ3v) is 4.65. The highest BCUT2D eigenvalue weighted by molar-refractivity contribution is 6.00. The molecule has 4 N–H and O–H groups in total. The van der Waals surface area contributed by atoms with Crippen molar-refractivity contribution in [3.8, 4) is 0 Å². The number of nitrogens with one attached hydrogen (secondary N) is 4. The van der Waals surface area contributed by atoms with Crippen LogP contribution in [0, 0.1) is 0 Å². The van der Waals surface area contributed by atoms with Crippen LogP contribution in [0.25, 0.3) is 0 Å². The second kappa shape index (κ2) is 8.13. The Bertz CT molecular complexity index is 1210. The third-order valence-electron chi connectivity index (χ3n) is 4.65. The number of carbonyl (C=O) groups excluding carboxylic acids is 2. The molecule has 0 fully saturated rings. The molecule has 0 saturated heterocycles. The van der Waals surface area contributed by atoms with E-state index in [4.69, 9.17) is 0 Å². The van der Waals surface area contributed by atoms with Crippen molar-refractivity contribution in [3.05, 3.63) is 59.7 Å². The van der Waals surface area contributed by atoms with Crippen molar-refractivity contribution in [2.45, 2.75) is 12.6 Å². The van der Waals surface area contributed by atoms with Gasteiger partial charge in [0.05, 0.1) is 17.7 Å². The summed E-state index contributed by atoms with van der Waals surface area (Å²) in [6.07, 6.45) is -1.44. The summed E-state index contributed by atoms with van der Waals surface area (Å²) in [4.78, 5) is 35.0. The number of anilines is 5. The molecule has 1 aliphatic heterocycles. The molecule has 2 aromatic heterocycles. The second-order valence-electron chi connectivity index (χ2n) is 6.82. The maximum atomic E-state index is 13.6. The van der Waals surface area contributed by atoms with Crippen molar-refractivity contribution >= 4 is 40.5 Å². The molecule has 1 aliphatic rings. The van der Waals surface area contributed by atoms with Gasteiger partial charge in [-0.2, -0.15) is 13.2 Å². The fourth-order valence-corrected chi connectivity index (χ4v) is 3.15. The average molecular weight is 443 g/mol. The van der Waals surface area contributed by atoms with Gasteiger partial charge in [-0.25, -0.2) is 15.0 Å². The number of carbonyl (C=O) groups is 2. The largest absolute Gasteiger partial charge is 0.419 e. The van der Waals surface area contributed by atoms with E-state index in [1.165, 1.54) is 13.2 Å². The van der Waals surface area contributed by atoms with Gasteiger partial charge in [-0.15, -0.1) is 0 Å². The van der Waals surface area contributed by atoms with E-state index >= 15 is 0 Å². The van der Waals surface area contributed by atoms with Crippen LogP contribution in [0.2, 0.25) is 0 Å². The highest BCUT2D eigenvalue weighted by Crippen LogP contribution is 2.37. The maximum Gasteiger partial charge on any atom is 0.419 e. The van der Waals surface area contributed by atoms with Crippen LogP contribution < -0.4 is 21.3 Å². The fourth-order valence-electron chi connectivity index (χ4n) is 3.15. The van der Waals surface area contributed by atoms with Gasteiger partial charge in [0.25, 0.3) is 5.91 Å². The minimum absolute atomic E-state index is 0.0243. The second-order valence-corrected chi connectivity index (χ2v) is 6.82. The number of benzene rings is 1. The molecule has 0 radical (unpaired) electrons. The molecule has 12 heteroatoms. The van der Waals surface area contributed by atoms with E-state index in [1.54, 1.807) is 18.2 Å². The highest BCUT2D eigenvalue weighted by atomic mass is 19.4. The lowest BCUT2D eigenvalue weighted by molar-refractivity contribution is -0.137. The first kappa shape index (κ1) is 21.0. The number of hydrogen-bond donors (Lipinski definition) is 4. The Morgan fingerprint density at radius 3 is 2.69 bits per heavy atom. The van der Waals surface area contributed by atoms with E-state index in [-0.39, 0.29) is 35.2 Å². The van der Waals surface area contributed by atoms with Gasteiger partial charge in [-0.3, -0.25) is 9.59 Å². The summed E-state index contributed by atoms with van der Waals surface area (Å²) in [5.74, 6) is -0.676. The fraction of sp³-hybridized carbons (Fsp3) is 0.150. The number of hydrogen-bond acceptors (Lipinski definition) is 7. The van der Waals surface area contributed by atoms with Crippen molar-refractivity contribution in [2.24, 2.45) is 0 Å². The lowest BCUT2D eigenvalue weighted by Crippen LogP contribution is -2.20. The molecule has 0 atom stereocenters. The number of amides is 2. The molecule has 0 unspecified atom stereocenters. The molecular weight excluding hydrogens is 427 g/mol. The topological polar surface area (TPSA) is 121 Å². The Kier molecular flexibility index (Phi) is 5.34. The molecule has 1 aromatic carbocycles. The quantitative estimate of drug-likeness (QED) is 0.478. The number of fused-ring (bicyclic) bond motifs is 1. The summed E-state index contributed by atoms with van der Waals surface area (Å²) in [6, 6.07) is 6.26. The standard InChI is InChI=1S/C20H16F3N7O2/c1-24-19(32)12-7-25-9-27-18(12)30-15-6-16(26-8-13(15)20(21,22)23)28-11-3-2-10-4-17(31)29-14(10)5-11/h2-3,5-9H,4H2,1H3,(H,24,32)(H,29,31)(H2,25,26,27,28,30). The van der Waals surface area contributed by atoms with Gasteiger partial charge in [0.1, 0.15) is 23.5 Å². The van der Waals surface area contributed by atoms with E-state index in [0.717, 1.165) is 18.0 Å². The number of nitrogens with zero attached hydrogens (tertiary/aromatic N) is 3. The Hall–Kier alpha value is -4.22. The molecule has 4 rings (SSSR count). The molecule has 0 aliphatic carbocycles. The first-order chi connectivity index (χ1) is 15.2. The van der Waals surface area contributed by atoms with Crippen LogP contribution in [0.15, 0.2) is 43.0 Å². The van der Waals surface area contributed by atoms with Gasteiger partial charge < -0.3 is 21.3 Å². The van der Waals surface area contributed by atoms with Crippen LogP contribution in [-0.2, 0) is 17.4 Å². The first-order valence-corrected chi connectivity index (χ1v) is 9.31. The zero-order valence-corrected chi connectivity index (χ0v) is 16.5. The van der Waals surface area contributed by atoms with Gasteiger partial charge in [0, 0.05) is 36.9 Å². The number of alkyl halides is 3. The van der Waals surface area contributed by atoms with Gasteiger partial charge in [-0.05, 0) is 17.7 Å². The first-order valence-electron chi connectivity index (χ1n) is 9.31. The summed E-state index contributed by atoms with van der Waals surface area (Å²) in [7, 11) is 1.38. The number of aromatic nitrogens is 3. The SMILES string of the molecule is CNC(=O)c1cncnc1Nc1cc(Nc2ccc3c(c2)NC(=O)C3)ncc1C(F)(F)F. The van der Waals surface area contributed by atoms with Crippen LogP contribution in [0.3, 0.4) is 0 Å². The van der Waals surface area contributed by atoms with Crippen LogP contribution in [-0.4, -0.2) is 33.8 Å². The molecular formula is C20H16F3N7O2. The average Bonchev–Trinajstić information content (AvgIpc) is 3.12. The lowest BCUT2D eigenvalue weighted by Gasteiger charge is -2.17. The van der Waals surface area contributed by atoms with E-state index in [2.05, 4.69) is 36.2 Å². The monoisotopic (exact) mass is 443 g/mol. The molecule has 0 saturated carbocycles. The van der Waals surface area contributed by atoms with Crippen LogP contribution in [0.5, 0.6) is 0 Å². The van der Waals surface area contributed by atoms with Gasteiger partial charge in [0.15, 0.2) is 0 Å². The molecule has 3 heterocycles. The molecule has 0 bridgehead atoms. The summed E-state index contributed by atoms with van der Waals surface area (Å²) < 4.78 is 40.7.